The molecule has 2 rings (SSSR count). The number of carbonyl (C=O) groups excluding carboxylic acids is 2. The van der Waals surface area contributed by atoms with E-state index in [1.54, 1.807) is 0 Å². The number of carbonyl (C=O) groups is 2. The molecule has 2 amide bonds. The smallest absolute Gasteiger partial charge is 0.249 e. The quantitative estimate of drug-likeness (QED) is 0.725. The van der Waals surface area contributed by atoms with Gasteiger partial charge in [-0.3, -0.25) is 9.59 Å². The lowest BCUT2D eigenvalue weighted by atomic mass is 10.1. The summed E-state index contributed by atoms with van der Waals surface area (Å²) in [6.07, 6.45) is 1.96. The lowest BCUT2D eigenvalue weighted by molar-refractivity contribution is -0.131. The average Bonchev–Trinajstić information content (AvgIpc) is 2.97. The summed E-state index contributed by atoms with van der Waals surface area (Å²) in [7, 11) is 0. The van der Waals surface area contributed by atoms with Crippen molar-refractivity contribution < 1.29 is 14.3 Å². The number of amides is 2. The van der Waals surface area contributed by atoms with Crippen LogP contribution in [0.4, 0.5) is 5.69 Å². The van der Waals surface area contributed by atoms with Crippen LogP contribution in [0, 0.1) is 0 Å². The highest BCUT2D eigenvalue weighted by Gasteiger charge is 2.29. The SMILES string of the molecule is CC(=O)Nc1ccc(CCNC(=O)[C@@H]2CC[C@H](CN)O2)cc1. The highest BCUT2D eigenvalue weighted by atomic mass is 16.5. The molecule has 6 heteroatoms. The molecule has 1 aromatic rings. The van der Waals surface area contributed by atoms with Crippen LogP contribution in [0.5, 0.6) is 0 Å². The molecule has 0 spiro atoms. The molecule has 22 heavy (non-hydrogen) atoms. The monoisotopic (exact) mass is 305 g/mol. The molecule has 1 aliphatic rings. The minimum absolute atomic E-state index is 0.0112. The normalized spacial score (nSPS) is 20.6. The maximum atomic E-state index is 11.9. The standard InChI is InChI=1S/C16H23N3O3/c1-11(20)19-13-4-2-12(3-5-13)8-9-18-16(21)15-7-6-14(10-17)22-15/h2-5,14-15H,6-10,17H2,1H3,(H,18,21)(H,19,20)/t14-,15+/m1/s1. The molecule has 1 saturated heterocycles. The first-order valence-corrected chi connectivity index (χ1v) is 7.58. The summed E-state index contributed by atoms with van der Waals surface area (Å²) >= 11 is 0. The van der Waals surface area contributed by atoms with Crippen molar-refractivity contribution >= 4 is 17.5 Å². The number of nitrogens with two attached hydrogens (primary N) is 1. The second-order valence-corrected chi connectivity index (χ2v) is 5.48. The van der Waals surface area contributed by atoms with Crippen molar-refractivity contribution in [2.24, 2.45) is 5.73 Å². The van der Waals surface area contributed by atoms with Gasteiger partial charge in [0.15, 0.2) is 0 Å². The molecule has 6 nitrogen and oxygen atoms in total. The summed E-state index contributed by atoms with van der Waals surface area (Å²) in [5.74, 6) is -0.154. The second kappa shape index (κ2) is 7.91. The molecule has 1 aromatic carbocycles. The molecule has 1 fully saturated rings. The van der Waals surface area contributed by atoms with Crippen LogP contribution in [0.3, 0.4) is 0 Å². The summed E-state index contributed by atoms with van der Waals surface area (Å²) in [4.78, 5) is 22.9. The number of rotatable bonds is 6. The van der Waals surface area contributed by atoms with Crippen molar-refractivity contribution in [3.63, 3.8) is 0 Å². The topological polar surface area (TPSA) is 93.5 Å². The average molecular weight is 305 g/mol. The molecule has 1 heterocycles. The lowest BCUT2D eigenvalue weighted by Crippen LogP contribution is -2.36. The molecule has 4 N–H and O–H groups in total. The highest BCUT2D eigenvalue weighted by Crippen LogP contribution is 2.18. The van der Waals surface area contributed by atoms with Crippen LogP contribution in [0.15, 0.2) is 24.3 Å². The molecule has 0 unspecified atom stereocenters. The molecule has 0 aromatic heterocycles. The molecule has 0 bridgehead atoms. The van der Waals surface area contributed by atoms with Gasteiger partial charge in [0.25, 0.3) is 0 Å². The van der Waals surface area contributed by atoms with Gasteiger partial charge in [0.1, 0.15) is 6.10 Å². The highest BCUT2D eigenvalue weighted by molar-refractivity contribution is 5.88. The Bertz CT molecular complexity index is 516. The van der Waals surface area contributed by atoms with Gasteiger partial charge in [-0.2, -0.15) is 0 Å². The zero-order valence-corrected chi connectivity index (χ0v) is 12.8. The van der Waals surface area contributed by atoms with Gasteiger partial charge >= 0.3 is 0 Å². The third-order valence-electron chi connectivity index (χ3n) is 3.65. The van der Waals surface area contributed by atoms with Gasteiger partial charge in [-0.05, 0) is 37.0 Å². The van der Waals surface area contributed by atoms with E-state index < -0.39 is 0 Å². The van der Waals surface area contributed by atoms with Crippen molar-refractivity contribution in [1.29, 1.82) is 0 Å². The fourth-order valence-electron chi connectivity index (χ4n) is 2.47. The van der Waals surface area contributed by atoms with Crippen molar-refractivity contribution in [2.45, 2.75) is 38.4 Å². The lowest BCUT2D eigenvalue weighted by Gasteiger charge is -2.12. The maximum Gasteiger partial charge on any atom is 0.249 e. The Hall–Kier alpha value is -1.92. The van der Waals surface area contributed by atoms with Crippen LogP contribution in [-0.4, -0.2) is 37.1 Å². The van der Waals surface area contributed by atoms with E-state index in [1.807, 2.05) is 24.3 Å². The van der Waals surface area contributed by atoms with Gasteiger partial charge in [0.05, 0.1) is 6.10 Å². The van der Waals surface area contributed by atoms with Crippen molar-refractivity contribution in [3.8, 4) is 0 Å². The Labute approximate surface area is 130 Å². The summed E-state index contributed by atoms with van der Waals surface area (Å²) in [5.41, 5.74) is 7.40. The molecule has 0 radical (unpaired) electrons. The van der Waals surface area contributed by atoms with Crippen LogP contribution in [0.1, 0.15) is 25.3 Å². The molecular weight excluding hydrogens is 282 g/mol. The van der Waals surface area contributed by atoms with Crippen molar-refractivity contribution in [3.05, 3.63) is 29.8 Å². The number of hydrogen-bond donors (Lipinski definition) is 3. The van der Waals surface area contributed by atoms with Crippen molar-refractivity contribution in [1.82, 2.24) is 5.32 Å². The molecule has 0 saturated carbocycles. The van der Waals surface area contributed by atoms with Gasteiger partial charge in [-0.15, -0.1) is 0 Å². The molecule has 2 atom stereocenters. The summed E-state index contributed by atoms with van der Waals surface area (Å²) in [5, 5.41) is 5.61. The minimum atomic E-state index is -0.365. The van der Waals surface area contributed by atoms with Crippen LogP contribution in [0.2, 0.25) is 0 Å². The molecule has 0 aliphatic carbocycles. The minimum Gasteiger partial charge on any atom is -0.364 e. The van der Waals surface area contributed by atoms with E-state index in [0.29, 0.717) is 13.1 Å². The van der Waals surface area contributed by atoms with Gasteiger partial charge in [0.2, 0.25) is 11.8 Å². The first-order valence-electron chi connectivity index (χ1n) is 7.58. The Morgan fingerprint density at radius 3 is 2.59 bits per heavy atom. The zero-order chi connectivity index (χ0) is 15.9. The van der Waals surface area contributed by atoms with Crippen LogP contribution in [0.25, 0.3) is 0 Å². The van der Waals surface area contributed by atoms with E-state index in [2.05, 4.69) is 10.6 Å². The number of nitrogens with one attached hydrogen (secondary N) is 2. The molecule has 1 aliphatic heterocycles. The predicted octanol–water partition coefficient (Wildman–Crippen LogP) is 0.810. The zero-order valence-electron chi connectivity index (χ0n) is 12.8. The van der Waals surface area contributed by atoms with E-state index in [0.717, 1.165) is 30.5 Å². The fraction of sp³-hybridized carbons (Fsp3) is 0.500. The number of ether oxygens (including phenoxy) is 1. The first kappa shape index (κ1) is 16.5. The third kappa shape index (κ3) is 4.82. The second-order valence-electron chi connectivity index (χ2n) is 5.48. The van der Waals surface area contributed by atoms with Crippen LogP contribution in [-0.2, 0) is 20.7 Å². The van der Waals surface area contributed by atoms with E-state index in [4.69, 9.17) is 10.5 Å². The largest absolute Gasteiger partial charge is 0.364 e. The first-order chi connectivity index (χ1) is 10.6. The Kier molecular flexibility index (Phi) is 5.91. The van der Waals surface area contributed by atoms with Gasteiger partial charge in [-0.25, -0.2) is 0 Å². The summed E-state index contributed by atoms with van der Waals surface area (Å²) < 4.78 is 5.55. The van der Waals surface area contributed by atoms with Gasteiger partial charge < -0.3 is 21.1 Å². The van der Waals surface area contributed by atoms with Gasteiger partial charge in [0, 0.05) is 25.7 Å². The van der Waals surface area contributed by atoms with E-state index >= 15 is 0 Å². The maximum absolute atomic E-state index is 11.9. The summed E-state index contributed by atoms with van der Waals surface area (Å²) in [6.45, 7) is 2.50. The Morgan fingerprint density at radius 1 is 1.27 bits per heavy atom. The van der Waals surface area contributed by atoms with Crippen LogP contribution < -0.4 is 16.4 Å². The van der Waals surface area contributed by atoms with Crippen molar-refractivity contribution in [2.75, 3.05) is 18.4 Å². The number of benzene rings is 1. The predicted molar refractivity (Wildman–Crippen MR) is 84.4 cm³/mol. The van der Waals surface area contributed by atoms with E-state index in [-0.39, 0.29) is 24.0 Å². The van der Waals surface area contributed by atoms with Gasteiger partial charge in [-0.1, -0.05) is 12.1 Å². The molecular formula is C16H23N3O3. The number of anilines is 1. The summed E-state index contributed by atoms with van der Waals surface area (Å²) in [6, 6.07) is 7.58. The fourth-order valence-corrected chi connectivity index (χ4v) is 2.47. The Morgan fingerprint density at radius 2 is 2.00 bits per heavy atom. The number of hydrogen-bond acceptors (Lipinski definition) is 4. The Balaban J connectivity index is 1.72. The van der Waals surface area contributed by atoms with E-state index in [9.17, 15) is 9.59 Å². The third-order valence-corrected chi connectivity index (χ3v) is 3.65. The van der Waals surface area contributed by atoms with Crippen LogP contribution >= 0.6 is 0 Å². The molecule has 120 valence electrons. The van der Waals surface area contributed by atoms with E-state index in [1.165, 1.54) is 6.92 Å².